The number of carbonyl (C=O) groups is 1. The fourth-order valence-electron chi connectivity index (χ4n) is 3.67. The Morgan fingerprint density at radius 2 is 1.88 bits per heavy atom. The number of para-hydroxylation sites is 1. The summed E-state index contributed by atoms with van der Waals surface area (Å²) in [5.41, 5.74) is 2.55. The molecule has 2 heterocycles. The standard InChI is InChI=1S/C26H22N4O3/c27-18-21-6-1-2-7-24(21)33-23-12-14-30(15-13-23)25-11-10-22(28-29-25)9-8-19-4-3-5-20(16-19)17-26(31)32/h1-7,10-11,16,23H,12-15,17H2,(H,31,32). The predicted octanol–water partition coefficient (Wildman–Crippen LogP) is 3.42. The van der Waals surface area contributed by atoms with Crippen molar-refractivity contribution in [2.75, 3.05) is 18.0 Å². The van der Waals surface area contributed by atoms with E-state index in [2.05, 4.69) is 33.0 Å². The molecule has 0 aliphatic carbocycles. The molecule has 33 heavy (non-hydrogen) atoms. The predicted molar refractivity (Wildman–Crippen MR) is 123 cm³/mol. The molecule has 7 heteroatoms. The minimum Gasteiger partial charge on any atom is -0.489 e. The Morgan fingerprint density at radius 1 is 1.06 bits per heavy atom. The average molecular weight is 438 g/mol. The van der Waals surface area contributed by atoms with E-state index in [1.165, 1.54) is 0 Å². The van der Waals surface area contributed by atoms with Crippen molar-refractivity contribution < 1.29 is 14.6 Å². The van der Waals surface area contributed by atoms with Crippen molar-refractivity contribution in [3.05, 3.63) is 83.0 Å². The molecule has 0 spiro atoms. The van der Waals surface area contributed by atoms with Crippen LogP contribution in [0.2, 0.25) is 0 Å². The van der Waals surface area contributed by atoms with Gasteiger partial charge < -0.3 is 14.7 Å². The Labute approximate surface area is 192 Å². The summed E-state index contributed by atoms with van der Waals surface area (Å²) in [4.78, 5) is 13.0. The maximum absolute atomic E-state index is 10.9. The molecule has 0 unspecified atom stereocenters. The molecule has 164 valence electrons. The summed E-state index contributed by atoms with van der Waals surface area (Å²) in [5.74, 6) is 6.55. The summed E-state index contributed by atoms with van der Waals surface area (Å²) < 4.78 is 6.05. The van der Waals surface area contributed by atoms with Crippen molar-refractivity contribution in [2.45, 2.75) is 25.4 Å². The minimum absolute atomic E-state index is 0.0312. The van der Waals surface area contributed by atoms with Crippen LogP contribution in [0.25, 0.3) is 0 Å². The number of aromatic nitrogens is 2. The Kier molecular flexibility index (Phi) is 6.82. The number of nitriles is 1. The van der Waals surface area contributed by atoms with E-state index in [4.69, 9.17) is 9.84 Å². The van der Waals surface area contributed by atoms with Gasteiger partial charge in [0, 0.05) is 31.5 Å². The van der Waals surface area contributed by atoms with E-state index in [0.29, 0.717) is 22.6 Å². The molecular formula is C26H22N4O3. The molecule has 4 rings (SSSR count). The quantitative estimate of drug-likeness (QED) is 0.609. The van der Waals surface area contributed by atoms with E-state index in [9.17, 15) is 10.1 Å². The van der Waals surface area contributed by atoms with Gasteiger partial charge in [-0.05, 0) is 47.9 Å². The van der Waals surface area contributed by atoms with Gasteiger partial charge in [0.05, 0.1) is 12.0 Å². The van der Waals surface area contributed by atoms with E-state index in [-0.39, 0.29) is 12.5 Å². The number of carboxylic acids is 1. The lowest BCUT2D eigenvalue weighted by Crippen LogP contribution is -2.38. The topological polar surface area (TPSA) is 99.3 Å². The highest BCUT2D eigenvalue weighted by molar-refractivity contribution is 5.70. The van der Waals surface area contributed by atoms with Crippen molar-refractivity contribution in [1.29, 1.82) is 5.26 Å². The number of hydrogen-bond donors (Lipinski definition) is 1. The van der Waals surface area contributed by atoms with Crippen LogP contribution in [0.1, 0.15) is 35.2 Å². The van der Waals surface area contributed by atoms with Gasteiger partial charge in [-0.2, -0.15) is 5.26 Å². The van der Waals surface area contributed by atoms with E-state index in [1.807, 2.05) is 36.4 Å². The Morgan fingerprint density at radius 3 is 2.61 bits per heavy atom. The van der Waals surface area contributed by atoms with Crippen LogP contribution in [0.5, 0.6) is 5.75 Å². The molecule has 3 aromatic rings. The second-order valence-corrected chi connectivity index (χ2v) is 7.71. The van der Waals surface area contributed by atoms with E-state index in [0.717, 1.165) is 37.3 Å². The first-order chi connectivity index (χ1) is 16.1. The van der Waals surface area contributed by atoms with Gasteiger partial charge in [0.25, 0.3) is 0 Å². The summed E-state index contributed by atoms with van der Waals surface area (Å²) >= 11 is 0. The number of benzene rings is 2. The number of piperidine rings is 1. The Bertz CT molecular complexity index is 1230. The third-order valence-corrected chi connectivity index (χ3v) is 5.33. The lowest BCUT2D eigenvalue weighted by molar-refractivity contribution is -0.136. The second-order valence-electron chi connectivity index (χ2n) is 7.71. The van der Waals surface area contributed by atoms with Crippen molar-refractivity contribution in [3.63, 3.8) is 0 Å². The molecule has 1 aliphatic heterocycles. The molecule has 1 fully saturated rings. The van der Waals surface area contributed by atoms with Gasteiger partial charge in [-0.25, -0.2) is 0 Å². The molecule has 0 radical (unpaired) electrons. The fraction of sp³-hybridized carbons (Fsp3) is 0.231. The van der Waals surface area contributed by atoms with Crippen LogP contribution >= 0.6 is 0 Å². The Balaban J connectivity index is 1.34. The number of carboxylic acid groups (broad SMARTS) is 1. The highest BCUT2D eigenvalue weighted by atomic mass is 16.5. The molecule has 0 bridgehead atoms. The largest absolute Gasteiger partial charge is 0.489 e. The van der Waals surface area contributed by atoms with Crippen LogP contribution < -0.4 is 9.64 Å². The van der Waals surface area contributed by atoms with Crippen LogP contribution in [0.15, 0.2) is 60.7 Å². The summed E-state index contributed by atoms with van der Waals surface area (Å²) in [6, 6.07) is 20.4. The molecule has 1 N–H and O–H groups in total. The fourth-order valence-corrected chi connectivity index (χ4v) is 3.67. The minimum atomic E-state index is -0.871. The van der Waals surface area contributed by atoms with Gasteiger partial charge in [-0.15, -0.1) is 10.2 Å². The van der Waals surface area contributed by atoms with Gasteiger partial charge in [0.15, 0.2) is 5.82 Å². The molecule has 1 aliphatic rings. The number of hydrogen-bond acceptors (Lipinski definition) is 6. The first kappa shape index (κ1) is 21.9. The first-order valence-corrected chi connectivity index (χ1v) is 10.7. The summed E-state index contributed by atoms with van der Waals surface area (Å²) in [6.45, 7) is 1.57. The molecule has 7 nitrogen and oxygen atoms in total. The second kappa shape index (κ2) is 10.3. The summed E-state index contributed by atoms with van der Waals surface area (Å²) in [6.07, 6.45) is 1.69. The molecule has 0 atom stereocenters. The van der Waals surface area contributed by atoms with Gasteiger partial charge in [0.2, 0.25) is 0 Å². The van der Waals surface area contributed by atoms with Crippen molar-refractivity contribution in [2.24, 2.45) is 0 Å². The molecule has 2 aromatic carbocycles. The smallest absolute Gasteiger partial charge is 0.307 e. The van der Waals surface area contributed by atoms with E-state index >= 15 is 0 Å². The first-order valence-electron chi connectivity index (χ1n) is 10.7. The Hall–Kier alpha value is -4.36. The zero-order chi connectivity index (χ0) is 23.0. The third kappa shape index (κ3) is 5.87. The highest BCUT2D eigenvalue weighted by Gasteiger charge is 2.22. The van der Waals surface area contributed by atoms with Crippen LogP contribution in [0.3, 0.4) is 0 Å². The lowest BCUT2D eigenvalue weighted by Gasteiger charge is -2.32. The van der Waals surface area contributed by atoms with Crippen molar-refractivity contribution in [3.8, 4) is 23.7 Å². The van der Waals surface area contributed by atoms with E-state index in [1.54, 1.807) is 24.3 Å². The van der Waals surface area contributed by atoms with Crippen LogP contribution in [-0.2, 0) is 11.2 Å². The van der Waals surface area contributed by atoms with Gasteiger partial charge in [0.1, 0.15) is 23.6 Å². The number of aliphatic carboxylic acids is 1. The normalized spacial score (nSPS) is 13.5. The maximum Gasteiger partial charge on any atom is 0.307 e. The van der Waals surface area contributed by atoms with E-state index < -0.39 is 5.97 Å². The number of nitrogens with zero attached hydrogens (tertiary/aromatic N) is 4. The van der Waals surface area contributed by atoms with Gasteiger partial charge in [-0.1, -0.05) is 30.2 Å². The number of anilines is 1. The monoisotopic (exact) mass is 438 g/mol. The highest BCUT2D eigenvalue weighted by Crippen LogP contribution is 2.24. The van der Waals surface area contributed by atoms with Crippen LogP contribution in [-0.4, -0.2) is 40.5 Å². The van der Waals surface area contributed by atoms with Crippen LogP contribution in [0.4, 0.5) is 5.82 Å². The van der Waals surface area contributed by atoms with Gasteiger partial charge in [-0.3, -0.25) is 4.79 Å². The van der Waals surface area contributed by atoms with Crippen LogP contribution in [0, 0.1) is 23.2 Å². The lowest BCUT2D eigenvalue weighted by atomic mass is 10.1. The molecule has 1 aromatic heterocycles. The summed E-state index contributed by atoms with van der Waals surface area (Å²) in [7, 11) is 0. The van der Waals surface area contributed by atoms with Crippen molar-refractivity contribution >= 4 is 11.8 Å². The molecular weight excluding hydrogens is 416 g/mol. The molecule has 1 saturated heterocycles. The zero-order valence-corrected chi connectivity index (χ0v) is 17.9. The molecule has 0 amide bonds. The zero-order valence-electron chi connectivity index (χ0n) is 17.9. The molecule has 0 saturated carbocycles. The third-order valence-electron chi connectivity index (χ3n) is 5.33. The number of ether oxygens (including phenoxy) is 1. The summed E-state index contributed by atoms with van der Waals surface area (Å²) in [5, 5.41) is 26.7. The van der Waals surface area contributed by atoms with Crippen molar-refractivity contribution in [1.82, 2.24) is 10.2 Å². The maximum atomic E-state index is 10.9. The number of rotatable bonds is 5. The SMILES string of the molecule is N#Cc1ccccc1OC1CCN(c2ccc(C#Cc3cccc(CC(=O)O)c3)nn2)CC1. The van der Waals surface area contributed by atoms with Gasteiger partial charge >= 0.3 is 5.97 Å². The average Bonchev–Trinajstić information content (AvgIpc) is 2.84.